The summed E-state index contributed by atoms with van der Waals surface area (Å²) in [5.41, 5.74) is 0. The van der Waals surface area contributed by atoms with Gasteiger partial charge < -0.3 is 10.1 Å². The zero-order valence-electron chi connectivity index (χ0n) is 17.9. The standard InChI is InChI=1S/C21H28N4O5S/c1-15(2)25-19(9-12-22-25)23-20(26)16(3)30-21(27)17-10-13-24(14-11-17)31(28,29)18-7-5-4-6-8-18/h4-9,12,15-17H,10-11,13-14H2,1-3H3,(H,23,26). The van der Waals surface area contributed by atoms with Gasteiger partial charge in [-0.25, -0.2) is 13.1 Å². The van der Waals surface area contributed by atoms with Gasteiger partial charge in [0.05, 0.1) is 17.0 Å². The van der Waals surface area contributed by atoms with E-state index in [0.717, 1.165) is 0 Å². The summed E-state index contributed by atoms with van der Waals surface area (Å²) in [6.45, 7) is 5.85. The van der Waals surface area contributed by atoms with E-state index in [1.807, 2.05) is 13.8 Å². The van der Waals surface area contributed by atoms with E-state index in [0.29, 0.717) is 18.7 Å². The molecule has 0 bridgehead atoms. The molecule has 1 unspecified atom stereocenters. The van der Waals surface area contributed by atoms with E-state index < -0.39 is 33.9 Å². The van der Waals surface area contributed by atoms with Crippen molar-refractivity contribution in [1.29, 1.82) is 0 Å². The molecule has 1 aliphatic rings. The Morgan fingerprint density at radius 3 is 2.35 bits per heavy atom. The fourth-order valence-corrected chi connectivity index (χ4v) is 4.94. The zero-order chi connectivity index (χ0) is 22.6. The van der Waals surface area contributed by atoms with E-state index in [1.54, 1.807) is 47.3 Å². The van der Waals surface area contributed by atoms with Crippen LogP contribution >= 0.6 is 0 Å². The van der Waals surface area contributed by atoms with Crippen molar-refractivity contribution in [3.05, 3.63) is 42.6 Å². The van der Waals surface area contributed by atoms with Crippen molar-refractivity contribution in [3.8, 4) is 0 Å². The number of hydrogen-bond donors (Lipinski definition) is 1. The van der Waals surface area contributed by atoms with E-state index in [-0.39, 0.29) is 24.0 Å². The fourth-order valence-electron chi connectivity index (χ4n) is 3.45. The van der Waals surface area contributed by atoms with Gasteiger partial charge in [0.1, 0.15) is 5.82 Å². The Morgan fingerprint density at radius 2 is 1.74 bits per heavy atom. The number of nitrogens with zero attached hydrogens (tertiary/aromatic N) is 3. The lowest BCUT2D eigenvalue weighted by Gasteiger charge is -2.30. The third kappa shape index (κ3) is 5.31. The second kappa shape index (κ2) is 9.61. The summed E-state index contributed by atoms with van der Waals surface area (Å²) in [5.74, 6) is -0.849. The number of carbonyl (C=O) groups is 2. The van der Waals surface area contributed by atoms with Gasteiger partial charge in [0.25, 0.3) is 5.91 Å². The Kier molecular flexibility index (Phi) is 7.11. The molecule has 1 aromatic carbocycles. The van der Waals surface area contributed by atoms with Gasteiger partial charge in [-0.2, -0.15) is 9.40 Å². The second-order valence-corrected chi connectivity index (χ2v) is 9.75. The average Bonchev–Trinajstić information content (AvgIpc) is 3.22. The monoisotopic (exact) mass is 448 g/mol. The zero-order valence-corrected chi connectivity index (χ0v) is 18.7. The molecule has 9 nitrogen and oxygen atoms in total. The van der Waals surface area contributed by atoms with E-state index >= 15 is 0 Å². The van der Waals surface area contributed by atoms with Crippen LogP contribution in [0.1, 0.15) is 39.7 Å². The maximum Gasteiger partial charge on any atom is 0.309 e. The molecule has 3 rings (SSSR count). The number of anilines is 1. The number of carbonyl (C=O) groups excluding carboxylic acids is 2. The maximum absolute atomic E-state index is 12.7. The molecule has 1 fully saturated rings. The molecule has 1 atom stereocenters. The summed E-state index contributed by atoms with van der Waals surface area (Å²) in [4.78, 5) is 25.2. The molecule has 1 aliphatic heterocycles. The molecule has 1 saturated heterocycles. The molecule has 168 valence electrons. The number of benzene rings is 1. The van der Waals surface area contributed by atoms with Crippen molar-refractivity contribution < 1.29 is 22.7 Å². The van der Waals surface area contributed by atoms with E-state index in [9.17, 15) is 18.0 Å². The number of ether oxygens (including phenoxy) is 1. The lowest BCUT2D eigenvalue weighted by molar-refractivity contribution is -0.158. The van der Waals surface area contributed by atoms with Crippen molar-refractivity contribution in [1.82, 2.24) is 14.1 Å². The van der Waals surface area contributed by atoms with Crippen LogP contribution in [0.2, 0.25) is 0 Å². The van der Waals surface area contributed by atoms with Gasteiger partial charge in [0, 0.05) is 25.2 Å². The molecule has 0 spiro atoms. The SMILES string of the molecule is CC(OC(=O)C1CCN(S(=O)(=O)c2ccccc2)CC1)C(=O)Nc1ccnn1C(C)C. The predicted octanol–water partition coefficient (Wildman–Crippen LogP) is 2.44. The number of esters is 1. The van der Waals surface area contributed by atoms with Crippen molar-refractivity contribution in [2.24, 2.45) is 5.92 Å². The molecular formula is C21H28N4O5S. The van der Waals surface area contributed by atoms with Gasteiger partial charge in [-0.15, -0.1) is 0 Å². The quantitative estimate of drug-likeness (QED) is 0.652. The van der Waals surface area contributed by atoms with Crippen LogP contribution in [0.5, 0.6) is 0 Å². The number of nitrogens with one attached hydrogen (secondary N) is 1. The largest absolute Gasteiger partial charge is 0.452 e. The molecular weight excluding hydrogens is 420 g/mol. The molecule has 1 N–H and O–H groups in total. The smallest absolute Gasteiger partial charge is 0.309 e. The van der Waals surface area contributed by atoms with Crippen LogP contribution in [0.15, 0.2) is 47.5 Å². The Bertz CT molecular complexity index is 1010. The van der Waals surface area contributed by atoms with Crippen LogP contribution in [-0.4, -0.2) is 53.6 Å². The van der Waals surface area contributed by atoms with Crippen molar-refractivity contribution in [3.63, 3.8) is 0 Å². The first-order chi connectivity index (χ1) is 14.7. The van der Waals surface area contributed by atoms with Crippen LogP contribution in [0.4, 0.5) is 5.82 Å². The number of aromatic nitrogens is 2. The van der Waals surface area contributed by atoms with E-state index in [4.69, 9.17) is 4.74 Å². The van der Waals surface area contributed by atoms with Gasteiger partial charge in [0.15, 0.2) is 6.10 Å². The summed E-state index contributed by atoms with van der Waals surface area (Å²) in [6.07, 6.45) is 1.30. The number of piperidine rings is 1. The molecule has 2 aromatic rings. The number of sulfonamides is 1. The predicted molar refractivity (Wildman–Crippen MR) is 115 cm³/mol. The first-order valence-electron chi connectivity index (χ1n) is 10.3. The van der Waals surface area contributed by atoms with Crippen molar-refractivity contribution >= 4 is 27.7 Å². The lowest BCUT2D eigenvalue weighted by Crippen LogP contribution is -2.41. The minimum atomic E-state index is -3.58. The van der Waals surface area contributed by atoms with Gasteiger partial charge in [-0.1, -0.05) is 18.2 Å². The first-order valence-corrected chi connectivity index (χ1v) is 11.7. The minimum Gasteiger partial charge on any atom is -0.452 e. The fraction of sp³-hybridized carbons (Fsp3) is 0.476. The van der Waals surface area contributed by atoms with Crippen LogP contribution in [0.25, 0.3) is 0 Å². The van der Waals surface area contributed by atoms with Gasteiger partial charge in [0.2, 0.25) is 10.0 Å². The lowest BCUT2D eigenvalue weighted by atomic mass is 9.98. The number of hydrogen-bond acceptors (Lipinski definition) is 6. The minimum absolute atomic E-state index is 0.0699. The van der Waals surface area contributed by atoms with Crippen LogP contribution in [-0.2, 0) is 24.3 Å². The van der Waals surface area contributed by atoms with Gasteiger partial charge >= 0.3 is 5.97 Å². The van der Waals surface area contributed by atoms with Gasteiger partial charge in [-0.05, 0) is 45.7 Å². The molecule has 10 heteroatoms. The highest BCUT2D eigenvalue weighted by atomic mass is 32.2. The normalized spacial score (nSPS) is 16.8. The molecule has 31 heavy (non-hydrogen) atoms. The topological polar surface area (TPSA) is 111 Å². The Balaban J connectivity index is 1.52. The number of amides is 1. The number of rotatable bonds is 7. The van der Waals surface area contributed by atoms with E-state index in [2.05, 4.69) is 10.4 Å². The molecule has 1 amide bonds. The third-order valence-electron chi connectivity index (χ3n) is 5.24. The average molecular weight is 449 g/mol. The Labute approximate surface area is 182 Å². The molecule has 0 radical (unpaired) electrons. The summed E-state index contributed by atoms with van der Waals surface area (Å²) in [5, 5.41) is 6.87. The molecule has 0 aliphatic carbocycles. The second-order valence-electron chi connectivity index (χ2n) is 7.81. The third-order valence-corrected chi connectivity index (χ3v) is 7.15. The first kappa shape index (κ1) is 23.0. The van der Waals surface area contributed by atoms with Crippen LogP contribution in [0, 0.1) is 5.92 Å². The van der Waals surface area contributed by atoms with Crippen molar-refractivity contribution in [2.45, 2.75) is 50.7 Å². The van der Waals surface area contributed by atoms with Crippen LogP contribution in [0.3, 0.4) is 0 Å². The van der Waals surface area contributed by atoms with E-state index in [1.165, 1.54) is 11.2 Å². The Morgan fingerprint density at radius 1 is 1.10 bits per heavy atom. The summed E-state index contributed by atoms with van der Waals surface area (Å²) < 4.78 is 33.8. The molecule has 0 saturated carbocycles. The summed E-state index contributed by atoms with van der Waals surface area (Å²) >= 11 is 0. The maximum atomic E-state index is 12.7. The molecule has 2 heterocycles. The van der Waals surface area contributed by atoms with Crippen LogP contribution < -0.4 is 5.32 Å². The van der Waals surface area contributed by atoms with Crippen molar-refractivity contribution in [2.75, 3.05) is 18.4 Å². The van der Waals surface area contributed by atoms with Gasteiger partial charge in [-0.3, -0.25) is 9.59 Å². The highest BCUT2D eigenvalue weighted by molar-refractivity contribution is 7.89. The Hall–Kier alpha value is -2.72. The highest BCUT2D eigenvalue weighted by Gasteiger charge is 2.34. The summed E-state index contributed by atoms with van der Waals surface area (Å²) in [7, 11) is -3.58. The summed E-state index contributed by atoms with van der Waals surface area (Å²) in [6, 6.07) is 9.97. The highest BCUT2D eigenvalue weighted by Crippen LogP contribution is 2.25. The molecule has 1 aromatic heterocycles.